The smallest absolute Gasteiger partial charge is 0.0612 e. The van der Waals surface area contributed by atoms with Crippen molar-refractivity contribution in [1.29, 1.82) is 0 Å². The van der Waals surface area contributed by atoms with Crippen LogP contribution in [0.25, 0.3) is 0 Å². The molecule has 0 aromatic carbocycles. The number of aliphatic hydroxyl groups excluding tert-OH is 5. The van der Waals surface area contributed by atoms with Gasteiger partial charge in [0.2, 0.25) is 0 Å². The molecule has 4 aliphatic rings. The van der Waals surface area contributed by atoms with E-state index in [1.54, 1.807) is 0 Å². The summed E-state index contributed by atoms with van der Waals surface area (Å²) in [5.41, 5.74) is 0.206. The number of rotatable bonds is 7. The van der Waals surface area contributed by atoms with E-state index < -0.39 is 12.0 Å². The molecule has 0 aromatic heterocycles. The molecule has 0 spiro atoms. The van der Waals surface area contributed by atoms with Gasteiger partial charge in [0, 0.05) is 5.92 Å². The second kappa shape index (κ2) is 9.45. The van der Waals surface area contributed by atoms with Crippen molar-refractivity contribution in [2.45, 2.75) is 103 Å². The van der Waals surface area contributed by atoms with E-state index in [0.29, 0.717) is 41.9 Å². The monoisotopic (exact) mass is 452 g/mol. The zero-order valence-electron chi connectivity index (χ0n) is 20.5. The predicted octanol–water partition coefficient (Wildman–Crippen LogP) is 3.36. The largest absolute Gasteiger partial charge is 0.396 e. The summed E-state index contributed by atoms with van der Waals surface area (Å²) in [6.45, 7) is 6.72. The third-order valence-corrected chi connectivity index (χ3v) is 11.4. The first-order valence-corrected chi connectivity index (χ1v) is 13.4. The summed E-state index contributed by atoms with van der Waals surface area (Å²) >= 11 is 0. The van der Waals surface area contributed by atoms with Gasteiger partial charge >= 0.3 is 0 Å². The van der Waals surface area contributed by atoms with Crippen LogP contribution in [0.4, 0.5) is 0 Å². The zero-order chi connectivity index (χ0) is 23.3. The zero-order valence-corrected chi connectivity index (χ0v) is 20.5. The van der Waals surface area contributed by atoms with Crippen LogP contribution in [-0.4, -0.2) is 57.1 Å². The maximum atomic E-state index is 11.6. The summed E-state index contributed by atoms with van der Waals surface area (Å²) in [6, 6.07) is 0. The maximum Gasteiger partial charge on any atom is 0.0612 e. The van der Waals surface area contributed by atoms with Gasteiger partial charge in [0.05, 0.1) is 31.5 Å². The summed E-state index contributed by atoms with van der Waals surface area (Å²) in [6.07, 6.45) is 9.08. The van der Waals surface area contributed by atoms with E-state index in [1.165, 1.54) is 19.3 Å². The number of aliphatic hydroxyl groups is 5. The molecule has 5 nitrogen and oxygen atoms in total. The topological polar surface area (TPSA) is 101 Å². The molecule has 0 amide bonds. The Balaban J connectivity index is 1.47. The van der Waals surface area contributed by atoms with Crippen LogP contribution in [0.5, 0.6) is 0 Å². The van der Waals surface area contributed by atoms with E-state index >= 15 is 0 Å². The lowest BCUT2D eigenvalue weighted by Crippen LogP contribution is -2.58. The van der Waals surface area contributed by atoms with Crippen LogP contribution in [-0.2, 0) is 0 Å². The third-order valence-electron chi connectivity index (χ3n) is 11.4. The minimum Gasteiger partial charge on any atom is -0.396 e. The number of fused-ring (bicyclic) bond motifs is 5. The number of hydrogen-bond donors (Lipinski definition) is 5. The number of hydrogen-bond acceptors (Lipinski definition) is 5. The molecule has 186 valence electrons. The van der Waals surface area contributed by atoms with Crippen molar-refractivity contribution in [3.63, 3.8) is 0 Å². The minimum absolute atomic E-state index is 0.0593. The Kier molecular flexibility index (Phi) is 7.36. The lowest BCUT2D eigenvalue weighted by molar-refractivity contribution is -0.175. The first-order valence-electron chi connectivity index (χ1n) is 13.4. The van der Waals surface area contributed by atoms with Gasteiger partial charge in [0.25, 0.3) is 0 Å². The Hall–Kier alpha value is -0.200. The summed E-state index contributed by atoms with van der Waals surface area (Å²) in [5.74, 6) is 2.84. The van der Waals surface area contributed by atoms with Crippen molar-refractivity contribution in [2.75, 3.05) is 13.2 Å². The van der Waals surface area contributed by atoms with E-state index in [0.717, 1.165) is 38.5 Å². The van der Waals surface area contributed by atoms with Crippen LogP contribution in [0, 0.1) is 52.3 Å². The molecule has 4 aliphatic carbocycles. The first-order chi connectivity index (χ1) is 15.2. The Morgan fingerprint density at radius 2 is 1.59 bits per heavy atom. The molecule has 0 heterocycles. The van der Waals surface area contributed by atoms with Crippen LogP contribution in [0.2, 0.25) is 0 Å². The molecule has 5 N–H and O–H groups in total. The predicted molar refractivity (Wildman–Crippen MR) is 125 cm³/mol. The highest BCUT2D eigenvalue weighted by Crippen LogP contribution is 2.68. The van der Waals surface area contributed by atoms with Crippen molar-refractivity contribution in [3.8, 4) is 0 Å². The van der Waals surface area contributed by atoms with Gasteiger partial charge in [-0.2, -0.15) is 0 Å². The highest BCUT2D eigenvalue weighted by molar-refractivity contribution is 5.12. The molecule has 11 atom stereocenters. The SMILES string of the molecule is C[C@H](CCC(O)C(CO)CO)[C@H]1CC[C@H]2[C@@H]3CC[C@@H]4C[C@H](O)CC[C@]4(C)[C@H]3C[C@H](O)[C@]12C. The molecule has 4 saturated carbocycles. The quantitative estimate of drug-likeness (QED) is 0.408. The Morgan fingerprint density at radius 3 is 2.28 bits per heavy atom. The normalized spacial score (nSPS) is 48.1. The van der Waals surface area contributed by atoms with Gasteiger partial charge in [-0.1, -0.05) is 20.8 Å². The second-order valence-electron chi connectivity index (χ2n) is 12.6. The lowest BCUT2D eigenvalue weighted by Gasteiger charge is -2.62. The molecule has 0 aliphatic heterocycles. The van der Waals surface area contributed by atoms with Crippen LogP contribution < -0.4 is 0 Å². The molecule has 0 radical (unpaired) electrons. The van der Waals surface area contributed by atoms with E-state index in [1.807, 2.05) is 0 Å². The lowest BCUT2D eigenvalue weighted by atomic mass is 9.43. The van der Waals surface area contributed by atoms with Crippen molar-refractivity contribution >= 4 is 0 Å². The van der Waals surface area contributed by atoms with Gasteiger partial charge in [0.15, 0.2) is 0 Å². The summed E-state index contributed by atoms with van der Waals surface area (Å²) in [7, 11) is 0. The molecule has 0 bridgehead atoms. The fourth-order valence-electron chi connectivity index (χ4n) is 9.33. The average Bonchev–Trinajstić information content (AvgIpc) is 3.13. The molecular formula is C27H48O5. The average molecular weight is 453 g/mol. The molecule has 0 saturated heterocycles. The highest BCUT2D eigenvalue weighted by Gasteiger charge is 2.63. The minimum atomic E-state index is -0.671. The van der Waals surface area contributed by atoms with Crippen LogP contribution in [0.3, 0.4) is 0 Å². The second-order valence-corrected chi connectivity index (χ2v) is 12.6. The third kappa shape index (κ3) is 3.98. The van der Waals surface area contributed by atoms with Gasteiger partial charge in [-0.15, -0.1) is 0 Å². The molecule has 5 heteroatoms. The van der Waals surface area contributed by atoms with E-state index in [-0.39, 0.29) is 36.3 Å². The van der Waals surface area contributed by atoms with Gasteiger partial charge < -0.3 is 25.5 Å². The van der Waals surface area contributed by atoms with Crippen LogP contribution in [0.1, 0.15) is 85.0 Å². The first kappa shape index (κ1) is 24.9. The standard InChI is InChI=1S/C27H48O5/c1-16(4-9-24(31)17(14-28)15-29)21-7-8-22-20-6-5-18-12-19(30)10-11-26(18,2)23(20)13-25(32)27(21,22)3/h16-25,28-32H,4-15H2,1-3H3/t16-,18-,19-,20+,21-,22+,23+,24?,25+,26+,27-/m1/s1. The Bertz CT molecular complexity index is 638. The summed E-state index contributed by atoms with van der Waals surface area (Å²) in [5, 5.41) is 51.0. The molecule has 4 fully saturated rings. The van der Waals surface area contributed by atoms with Crippen LogP contribution >= 0.6 is 0 Å². The van der Waals surface area contributed by atoms with Crippen molar-refractivity contribution in [3.05, 3.63) is 0 Å². The van der Waals surface area contributed by atoms with Crippen molar-refractivity contribution in [1.82, 2.24) is 0 Å². The molecule has 32 heavy (non-hydrogen) atoms. The Morgan fingerprint density at radius 1 is 0.875 bits per heavy atom. The molecule has 1 unspecified atom stereocenters. The van der Waals surface area contributed by atoms with E-state index in [4.69, 9.17) is 0 Å². The molecule has 0 aromatic rings. The fourth-order valence-corrected chi connectivity index (χ4v) is 9.33. The van der Waals surface area contributed by atoms with Gasteiger partial charge in [-0.25, -0.2) is 0 Å². The van der Waals surface area contributed by atoms with Gasteiger partial charge in [-0.05, 0) is 111 Å². The van der Waals surface area contributed by atoms with E-state index in [2.05, 4.69) is 20.8 Å². The molecule has 4 rings (SSSR count). The van der Waals surface area contributed by atoms with Crippen molar-refractivity contribution in [2.24, 2.45) is 52.3 Å². The maximum absolute atomic E-state index is 11.6. The van der Waals surface area contributed by atoms with Crippen LogP contribution in [0.15, 0.2) is 0 Å². The summed E-state index contributed by atoms with van der Waals surface area (Å²) < 4.78 is 0. The van der Waals surface area contributed by atoms with Gasteiger partial charge in [0.1, 0.15) is 0 Å². The highest BCUT2D eigenvalue weighted by atomic mass is 16.3. The fraction of sp³-hybridized carbons (Fsp3) is 1.00. The van der Waals surface area contributed by atoms with Gasteiger partial charge in [-0.3, -0.25) is 0 Å². The van der Waals surface area contributed by atoms with E-state index in [9.17, 15) is 25.5 Å². The van der Waals surface area contributed by atoms with Crippen molar-refractivity contribution < 1.29 is 25.5 Å². The molecular weight excluding hydrogens is 404 g/mol. The Labute approximate surface area is 194 Å². The summed E-state index contributed by atoms with van der Waals surface area (Å²) in [4.78, 5) is 0.